The van der Waals surface area contributed by atoms with E-state index in [1.807, 2.05) is 33.6 Å². The number of nitrogens with zero attached hydrogens (tertiary/aromatic N) is 4. The fraction of sp³-hybridized carbons (Fsp3) is 0.190. The van der Waals surface area contributed by atoms with Crippen LogP contribution in [0.1, 0.15) is 23.8 Å². The highest BCUT2D eigenvalue weighted by Crippen LogP contribution is 2.44. The number of aryl methyl sites for hydroxylation is 1. The Morgan fingerprint density at radius 1 is 1.30 bits per heavy atom. The van der Waals surface area contributed by atoms with E-state index in [-0.39, 0.29) is 5.69 Å². The smallest absolute Gasteiger partial charge is 0.354 e. The van der Waals surface area contributed by atoms with Gasteiger partial charge >= 0.3 is 5.97 Å². The molecule has 4 aromatic rings. The first-order chi connectivity index (χ1) is 14.5. The number of hydrogen-bond donors (Lipinski definition) is 1. The molecule has 7 nitrogen and oxygen atoms in total. The first-order valence-corrected chi connectivity index (χ1v) is 10.5. The Morgan fingerprint density at radius 3 is 2.87 bits per heavy atom. The van der Waals surface area contributed by atoms with E-state index in [0.717, 1.165) is 34.5 Å². The fourth-order valence-corrected chi connectivity index (χ4v) is 4.47. The van der Waals surface area contributed by atoms with Crippen LogP contribution in [-0.2, 0) is 6.54 Å². The van der Waals surface area contributed by atoms with Gasteiger partial charge in [0, 0.05) is 23.2 Å². The van der Waals surface area contributed by atoms with Crippen LogP contribution in [0.5, 0.6) is 5.88 Å². The molecule has 0 spiro atoms. The van der Waals surface area contributed by atoms with Crippen LogP contribution in [0.4, 0.5) is 0 Å². The van der Waals surface area contributed by atoms with E-state index in [9.17, 15) is 9.90 Å². The van der Waals surface area contributed by atoms with E-state index in [1.165, 1.54) is 17.8 Å². The monoisotopic (exact) mass is 442 g/mol. The summed E-state index contributed by atoms with van der Waals surface area (Å²) >= 11 is 7.64. The van der Waals surface area contributed by atoms with Crippen molar-refractivity contribution in [3.63, 3.8) is 0 Å². The number of carbonyl (C=O) groups is 1. The Kier molecular flexibility index (Phi) is 5.69. The number of fused-ring (bicyclic) bond motifs is 1. The van der Waals surface area contributed by atoms with E-state index >= 15 is 0 Å². The van der Waals surface area contributed by atoms with Crippen molar-refractivity contribution in [3.05, 3.63) is 59.5 Å². The van der Waals surface area contributed by atoms with E-state index in [4.69, 9.17) is 16.3 Å². The number of pyridine rings is 1. The molecule has 30 heavy (non-hydrogen) atoms. The zero-order chi connectivity index (χ0) is 21.3. The number of aromatic nitrogens is 4. The number of methoxy groups -OCH3 is 1. The van der Waals surface area contributed by atoms with Crippen LogP contribution < -0.4 is 4.74 Å². The van der Waals surface area contributed by atoms with E-state index < -0.39 is 5.97 Å². The third kappa shape index (κ3) is 3.76. The Morgan fingerprint density at radius 2 is 2.13 bits per heavy atom. The van der Waals surface area contributed by atoms with Crippen molar-refractivity contribution < 1.29 is 14.6 Å². The Labute approximate surface area is 182 Å². The number of hydrogen-bond acceptors (Lipinski definition) is 5. The molecule has 0 aliphatic heterocycles. The number of rotatable bonds is 7. The molecule has 154 valence electrons. The average Bonchev–Trinajstić information content (AvgIpc) is 3.30. The molecule has 3 heterocycles. The topological polar surface area (TPSA) is 82.2 Å². The van der Waals surface area contributed by atoms with Crippen LogP contribution in [0.2, 0.25) is 5.02 Å². The summed E-state index contributed by atoms with van der Waals surface area (Å²) in [5.74, 6) is -0.460. The van der Waals surface area contributed by atoms with Crippen LogP contribution in [0, 0.1) is 0 Å². The third-order valence-electron chi connectivity index (χ3n) is 4.52. The normalized spacial score (nSPS) is 11.2. The molecule has 0 unspecified atom stereocenters. The molecule has 0 bridgehead atoms. The number of carboxylic acids is 1. The Bertz CT molecular complexity index is 1230. The van der Waals surface area contributed by atoms with Crippen molar-refractivity contribution in [2.75, 3.05) is 7.11 Å². The molecule has 0 atom stereocenters. The Hall–Kier alpha value is -2.97. The molecule has 0 radical (unpaired) electrons. The molecule has 0 aliphatic carbocycles. The lowest BCUT2D eigenvalue weighted by atomic mass is 10.2. The third-order valence-corrected chi connectivity index (χ3v) is 5.79. The van der Waals surface area contributed by atoms with Gasteiger partial charge in [-0.2, -0.15) is 5.10 Å². The molecular formula is C21H19ClN4O3S. The van der Waals surface area contributed by atoms with Gasteiger partial charge in [0.2, 0.25) is 5.88 Å². The lowest BCUT2D eigenvalue weighted by Gasteiger charge is -2.09. The summed E-state index contributed by atoms with van der Waals surface area (Å²) in [5, 5.41) is 15.8. The van der Waals surface area contributed by atoms with E-state index in [2.05, 4.69) is 17.0 Å². The van der Waals surface area contributed by atoms with Gasteiger partial charge in [0.1, 0.15) is 10.7 Å². The minimum Gasteiger partial charge on any atom is -0.481 e. The molecule has 4 rings (SSSR count). The van der Waals surface area contributed by atoms with Gasteiger partial charge in [-0.25, -0.2) is 9.78 Å². The van der Waals surface area contributed by atoms with E-state index in [0.29, 0.717) is 15.9 Å². The highest BCUT2D eigenvalue weighted by atomic mass is 35.5. The van der Waals surface area contributed by atoms with Gasteiger partial charge in [-0.15, -0.1) is 0 Å². The zero-order valence-electron chi connectivity index (χ0n) is 16.4. The minimum atomic E-state index is -1.07. The largest absolute Gasteiger partial charge is 0.481 e. The predicted octanol–water partition coefficient (Wildman–Crippen LogP) is 5.14. The van der Waals surface area contributed by atoms with Crippen LogP contribution in [0.15, 0.2) is 58.7 Å². The molecule has 1 aromatic carbocycles. The molecule has 0 amide bonds. The van der Waals surface area contributed by atoms with Gasteiger partial charge in [-0.3, -0.25) is 9.25 Å². The van der Waals surface area contributed by atoms with Crippen LogP contribution >= 0.6 is 23.4 Å². The number of aromatic carboxylic acids is 1. The summed E-state index contributed by atoms with van der Waals surface area (Å²) < 4.78 is 9.64. The molecule has 0 aliphatic rings. The summed E-state index contributed by atoms with van der Waals surface area (Å²) in [6.07, 6.45) is 4.73. The second kappa shape index (κ2) is 8.41. The molecule has 3 aromatic heterocycles. The quantitative estimate of drug-likeness (QED) is 0.426. The highest BCUT2D eigenvalue weighted by Gasteiger charge is 2.22. The minimum absolute atomic E-state index is 0.00779. The molecular weight excluding hydrogens is 424 g/mol. The van der Waals surface area contributed by atoms with Gasteiger partial charge < -0.3 is 9.84 Å². The van der Waals surface area contributed by atoms with Gasteiger partial charge in [0.05, 0.1) is 29.4 Å². The molecule has 0 saturated carbocycles. The van der Waals surface area contributed by atoms with Crippen molar-refractivity contribution in [1.82, 2.24) is 19.3 Å². The fourth-order valence-electron chi connectivity index (χ4n) is 3.26. The maximum atomic E-state index is 11.3. The zero-order valence-corrected chi connectivity index (χ0v) is 17.9. The van der Waals surface area contributed by atoms with Crippen LogP contribution in [-0.4, -0.2) is 37.5 Å². The number of halogens is 1. The first-order valence-electron chi connectivity index (χ1n) is 9.30. The van der Waals surface area contributed by atoms with Crippen molar-refractivity contribution in [2.45, 2.75) is 29.8 Å². The second-order valence-electron chi connectivity index (χ2n) is 6.57. The van der Waals surface area contributed by atoms with Crippen molar-refractivity contribution in [2.24, 2.45) is 0 Å². The molecule has 9 heteroatoms. The summed E-state index contributed by atoms with van der Waals surface area (Å²) in [6.45, 7) is 2.91. The van der Waals surface area contributed by atoms with Crippen LogP contribution in [0.25, 0.3) is 16.6 Å². The molecule has 0 saturated heterocycles. The van der Waals surface area contributed by atoms with Gasteiger partial charge in [0.15, 0.2) is 0 Å². The Balaban J connectivity index is 1.89. The lowest BCUT2D eigenvalue weighted by molar-refractivity contribution is 0.0689. The highest BCUT2D eigenvalue weighted by molar-refractivity contribution is 7.99. The summed E-state index contributed by atoms with van der Waals surface area (Å²) in [5.41, 5.74) is 1.71. The summed E-state index contributed by atoms with van der Waals surface area (Å²) in [6, 6.07) is 10.5. The van der Waals surface area contributed by atoms with E-state index in [1.54, 1.807) is 25.4 Å². The molecule has 0 fully saturated rings. The lowest BCUT2D eigenvalue weighted by Crippen LogP contribution is -2.00. The summed E-state index contributed by atoms with van der Waals surface area (Å²) in [4.78, 5) is 16.4. The second-order valence-corrected chi connectivity index (χ2v) is 8.03. The maximum absolute atomic E-state index is 11.3. The number of benzene rings is 1. The van der Waals surface area contributed by atoms with Crippen molar-refractivity contribution in [3.8, 4) is 11.6 Å². The maximum Gasteiger partial charge on any atom is 0.354 e. The van der Waals surface area contributed by atoms with Crippen LogP contribution in [0.3, 0.4) is 0 Å². The van der Waals surface area contributed by atoms with Crippen molar-refractivity contribution in [1.29, 1.82) is 0 Å². The summed E-state index contributed by atoms with van der Waals surface area (Å²) in [7, 11) is 1.61. The number of carboxylic acid groups (broad SMARTS) is 1. The van der Waals surface area contributed by atoms with Gasteiger partial charge in [-0.05, 0) is 30.7 Å². The predicted molar refractivity (Wildman–Crippen MR) is 116 cm³/mol. The van der Waals surface area contributed by atoms with Crippen molar-refractivity contribution >= 4 is 40.2 Å². The first kappa shape index (κ1) is 20.3. The molecule has 1 N–H and O–H groups in total. The SMILES string of the molecule is CCCn1cc(-n2c(OC)c(Sc3cccc(C(=O)O)n3)c3ccc(Cl)cc32)cn1. The van der Waals surface area contributed by atoms with Gasteiger partial charge in [-0.1, -0.05) is 42.4 Å². The standard InChI is InChI=1S/C21H19ClN4O3S/c1-3-9-25-12-14(11-23-25)26-17-10-13(22)7-8-15(17)19(20(26)29-2)30-18-6-4-5-16(24-18)21(27)28/h4-8,10-12H,3,9H2,1-2H3,(H,27,28). The number of ether oxygens (including phenoxy) is 1. The average molecular weight is 443 g/mol. The van der Waals surface area contributed by atoms with Gasteiger partial charge in [0.25, 0.3) is 0 Å².